The summed E-state index contributed by atoms with van der Waals surface area (Å²) in [6, 6.07) is 20.3. The molecule has 0 bridgehead atoms. The Labute approximate surface area is 188 Å². The second kappa shape index (κ2) is 8.23. The third-order valence-corrected chi connectivity index (χ3v) is 5.36. The van der Waals surface area contributed by atoms with Gasteiger partial charge in [-0.3, -0.25) is 4.52 Å². The quantitative estimate of drug-likeness (QED) is 0.367. The number of hydrogen-bond acceptors (Lipinski definition) is 7. The minimum atomic E-state index is -0.604. The predicted molar refractivity (Wildman–Crippen MR) is 123 cm³/mol. The van der Waals surface area contributed by atoms with Crippen molar-refractivity contribution in [2.24, 2.45) is 0 Å². The number of aromatic nitrogens is 2. The van der Waals surface area contributed by atoms with Crippen molar-refractivity contribution < 1.29 is 23.5 Å². The van der Waals surface area contributed by atoms with Gasteiger partial charge in [-0.15, -0.1) is 0 Å². The summed E-state index contributed by atoms with van der Waals surface area (Å²) in [5, 5.41) is 4.84. The molecular formula is C25H20N2O6. The SMILES string of the molecule is COc1cc(-c2noc(=O)n3c2cc2c(Oc4ccccc4)cccc23)cc(OC)c1OC. The predicted octanol–water partition coefficient (Wildman–Crippen LogP) is 4.93. The van der Waals surface area contributed by atoms with E-state index in [1.54, 1.807) is 12.1 Å². The molecule has 2 heterocycles. The zero-order chi connectivity index (χ0) is 22.9. The maximum atomic E-state index is 12.7. The monoisotopic (exact) mass is 444 g/mol. The molecule has 166 valence electrons. The lowest BCUT2D eigenvalue weighted by molar-refractivity contribution is 0.324. The highest BCUT2D eigenvalue weighted by atomic mass is 16.5. The van der Waals surface area contributed by atoms with Crippen molar-refractivity contribution in [2.75, 3.05) is 21.3 Å². The molecule has 0 aliphatic rings. The Morgan fingerprint density at radius 3 is 2.18 bits per heavy atom. The van der Waals surface area contributed by atoms with Crippen LogP contribution in [0.3, 0.4) is 0 Å². The molecule has 0 amide bonds. The third-order valence-electron chi connectivity index (χ3n) is 5.36. The lowest BCUT2D eigenvalue weighted by atomic mass is 10.1. The summed E-state index contributed by atoms with van der Waals surface area (Å²) in [6.45, 7) is 0. The molecule has 0 saturated carbocycles. The zero-order valence-corrected chi connectivity index (χ0v) is 18.2. The normalized spacial score (nSPS) is 11.0. The Bertz CT molecular complexity index is 1500. The first-order chi connectivity index (χ1) is 16.1. The molecule has 0 aliphatic carbocycles. The molecule has 2 aromatic heterocycles. The van der Waals surface area contributed by atoms with Gasteiger partial charge in [0.25, 0.3) is 0 Å². The van der Waals surface area contributed by atoms with Gasteiger partial charge in [0.1, 0.15) is 17.2 Å². The first kappa shape index (κ1) is 20.4. The zero-order valence-electron chi connectivity index (χ0n) is 18.2. The number of nitrogens with zero attached hydrogens (tertiary/aromatic N) is 2. The first-order valence-electron chi connectivity index (χ1n) is 10.1. The maximum absolute atomic E-state index is 12.7. The number of benzene rings is 3. The molecule has 8 heteroatoms. The van der Waals surface area contributed by atoms with Crippen LogP contribution in [0.2, 0.25) is 0 Å². The summed E-state index contributed by atoms with van der Waals surface area (Å²) >= 11 is 0. The summed E-state index contributed by atoms with van der Waals surface area (Å²) in [4.78, 5) is 12.7. The average molecular weight is 444 g/mol. The molecule has 33 heavy (non-hydrogen) atoms. The molecule has 5 rings (SSSR count). The molecule has 0 fully saturated rings. The van der Waals surface area contributed by atoms with Crippen LogP contribution in [-0.4, -0.2) is 30.9 Å². The summed E-state index contributed by atoms with van der Waals surface area (Å²) in [7, 11) is 4.61. The van der Waals surface area contributed by atoms with Gasteiger partial charge in [0.15, 0.2) is 11.5 Å². The fourth-order valence-electron chi connectivity index (χ4n) is 3.87. The van der Waals surface area contributed by atoms with E-state index in [-0.39, 0.29) is 0 Å². The Morgan fingerprint density at radius 2 is 1.52 bits per heavy atom. The van der Waals surface area contributed by atoms with Crippen LogP contribution in [0.1, 0.15) is 0 Å². The van der Waals surface area contributed by atoms with Gasteiger partial charge in [0.05, 0.1) is 32.4 Å². The van der Waals surface area contributed by atoms with E-state index < -0.39 is 5.76 Å². The van der Waals surface area contributed by atoms with Crippen molar-refractivity contribution in [1.82, 2.24) is 9.56 Å². The Balaban J connectivity index is 1.76. The Hall–Kier alpha value is -4.46. The van der Waals surface area contributed by atoms with Gasteiger partial charge in [-0.2, -0.15) is 0 Å². The van der Waals surface area contributed by atoms with Crippen molar-refractivity contribution in [1.29, 1.82) is 0 Å². The average Bonchev–Trinajstić information content (AvgIpc) is 3.25. The molecule has 8 nitrogen and oxygen atoms in total. The van der Waals surface area contributed by atoms with E-state index in [2.05, 4.69) is 5.16 Å². The number of methoxy groups -OCH3 is 3. The van der Waals surface area contributed by atoms with Crippen LogP contribution in [0.25, 0.3) is 27.7 Å². The highest BCUT2D eigenvalue weighted by Gasteiger charge is 2.20. The topological polar surface area (TPSA) is 84.4 Å². The molecule has 0 spiro atoms. The van der Waals surface area contributed by atoms with Gasteiger partial charge in [0.2, 0.25) is 5.75 Å². The minimum Gasteiger partial charge on any atom is -0.493 e. The van der Waals surface area contributed by atoms with Crippen molar-refractivity contribution in [3.05, 3.63) is 77.3 Å². The smallest absolute Gasteiger partial charge is 0.445 e. The Kier molecular flexibility index (Phi) is 5.10. The Morgan fingerprint density at radius 1 is 0.788 bits per heavy atom. The number of rotatable bonds is 6. The van der Waals surface area contributed by atoms with Crippen LogP contribution >= 0.6 is 0 Å². The highest BCUT2D eigenvalue weighted by molar-refractivity contribution is 5.96. The van der Waals surface area contributed by atoms with E-state index in [1.165, 1.54) is 25.7 Å². The van der Waals surface area contributed by atoms with Gasteiger partial charge in [-0.05, 0) is 42.5 Å². The third kappa shape index (κ3) is 3.41. The molecule has 0 radical (unpaired) electrons. The van der Waals surface area contributed by atoms with Crippen LogP contribution in [-0.2, 0) is 0 Å². The highest BCUT2D eigenvalue weighted by Crippen LogP contribution is 2.42. The fraction of sp³-hybridized carbons (Fsp3) is 0.120. The first-order valence-corrected chi connectivity index (χ1v) is 10.1. The van der Waals surface area contributed by atoms with Crippen molar-refractivity contribution >= 4 is 16.4 Å². The van der Waals surface area contributed by atoms with E-state index in [1.807, 2.05) is 54.6 Å². The molecule has 0 atom stereocenters. The second-order valence-electron chi connectivity index (χ2n) is 7.18. The van der Waals surface area contributed by atoms with E-state index in [0.29, 0.717) is 51.0 Å². The lowest BCUT2D eigenvalue weighted by Gasteiger charge is -2.13. The van der Waals surface area contributed by atoms with Crippen LogP contribution in [0.15, 0.2) is 76.0 Å². The van der Waals surface area contributed by atoms with Crippen LogP contribution in [0.5, 0.6) is 28.7 Å². The molecular weight excluding hydrogens is 424 g/mol. The van der Waals surface area contributed by atoms with E-state index in [9.17, 15) is 4.79 Å². The van der Waals surface area contributed by atoms with Crippen molar-refractivity contribution in [2.45, 2.75) is 0 Å². The molecule has 0 aliphatic heterocycles. The molecule has 0 saturated heterocycles. The van der Waals surface area contributed by atoms with Crippen LogP contribution in [0, 0.1) is 0 Å². The summed E-state index contributed by atoms with van der Waals surface area (Å²) in [5.41, 5.74) is 2.27. The summed E-state index contributed by atoms with van der Waals surface area (Å²) in [5.74, 6) is 2.07. The largest absolute Gasteiger partial charge is 0.493 e. The van der Waals surface area contributed by atoms with Gasteiger partial charge in [-0.25, -0.2) is 9.20 Å². The van der Waals surface area contributed by atoms with E-state index in [0.717, 1.165) is 5.39 Å². The van der Waals surface area contributed by atoms with Gasteiger partial charge in [-0.1, -0.05) is 29.4 Å². The van der Waals surface area contributed by atoms with Crippen LogP contribution in [0.4, 0.5) is 0 Å². The number of fused-ring (bicyclic) bond motifs is 3. The minimum absolute atomic E-state index is 0.440. The lowest BCUT2D eigenvalue weighted by Crippen LogP contribution is -2.12. The van der Waals surface area contributed by atoms with E-state index >= 15 is 0 Å². The van der Waals surface area contributed by atoms with Gasteiger partial charge in [0, 0.05) is 10.9 Å². The summed E-state index contributed by atoms with van der Waals surface area (Å²) < 4.78 is 29.1. The number of para-hydroxylation sites is 1. The number of ether oxygens (including phenoxy) is 4. The van der Waals surface area contributed by atoms with Crippen molar-refractivity contribution in [3.63, 3.8) is 0 Å². The molecule has 0 unspecified atom stereocenters. The standard InChI is InChI=1S/C25H20N2O6/c1-29-21-12-15(13-22(30-2)24(21)31-3)23-19-14-17-18(27(19)25(28)33-26-23)10-7-11-20(17)32-16-8-5-4-6-9-16/h4-14H,1-3H3. The second-order valence-corrected chi connectivity index (χ2v) is 7.18. The fourth-order valence-corrected chi connectivity index (χ4v) is 3.87. The summed E-state index contributed by atoms with van der Waals surface area (Å²) in [6.07, 6.45) is 0. The van der Waals surface area contributed by atoms with E-state index in [4.69, 9.17) is 23.5 Å². The van der Waals surface area contributed by atoms with Crippen molar-refractivity contribution in [3.8, 4) is 40.0 Å². The molecule has 0 N–H and O–H groups in total. The van der Waals surface area contributed by atoms with Gasteiger partial charge >= 0.3 is 5.76 Å². The molecule has 5 aromatic rings. The number of hydrogen-bond donors (Lipinski definition) is 0. The van der Waals surface area contributed by atoms with Crippen LogP contribution < -0.4 is 24.7 Å². The maximum Gasteiger partial charge on any atom is 0.445 e. The van der Waals surface area contributed by atoms with Gasteiger partial charge < -0.3 is 18.9 Å². The molecule has 3 aromatic carbocycles.